The number of thioether (sulfide) groups is 1. The SMILES string of the molecule is O=C1NC(=O)/C(=C\c2ccc3ncnc(N4CCOCC4)c3c2)S1. The Labute approximate surface area is 142 Å². The lowest BCUT2D eigenvalue weighted by molar-refractivity contribution is -0.115. The lowest BCUT2D eigenvalue weighted by Crippen LogP contribution is -2.36. The summed E-state index contributed by atoms with van der Waals surface area (Å²) in [4.78, 5) is 34.3. The first-order valence-electron chi connectivity index (χ1n) is 7.53. The zero-order chi connectivity index (χ0) is 16.5. The third kappa shape index (κ3) is 2.85. The monoisotopic (exact) mass is 342 g/mol. The molecule has 1 N–H and O–H groups in total. The smallest absolute Gasteiger partial charge is 0.290 e. The molecule has 0 bridgehead atoms. The summed E-state index contributed by atoms with van der Waals surface area (Å²) in [6.07, 6.45) is 3.27. The number of rotatable bonds is 2. The van der Waals surface area contributed by atoms with Gasteiger partial charge in [0.1, 0.15) is 12.1 Å². The van der Waals surface area contributed by atoms with Crippen LogP contribution in [0, 0.1) is 0 Å². The molecule has 2 aliphatic heterocycles. The second-order valence-corrected chi connectivity index (χ2v) is 6.44. The van der Waals surface area contributed by atoms with Gasteiger partial charge in [0.15, 0.2) is 0 Å². The van der Waals surface area contributed by atoms with Crippen molar-refractivity contribution in [3.8, 4) is 0 Å². The van der Waals surface area contributed by atoms with Gasteiger partial charge in [0, 0.05) is 18.5 Å². The molecule has 4 rings (SSSR count). The molecular weight excluding hydrogens is 328 g/mol. The number of morpholine rings is 1. The van der Waals surface area contributed by atoms with Crippen LogP contribution in [0.5, 0.6) is 0 Å². The molecule has 2 fully saturated rings. The molecule has 0 saturated carbocycles. The van der Waals surface area contributed by atoms with Crippen LogP contribution in [0.25, 0.3) is 17.0 Å². The van der Waals surface area contributed by atoms with Crippen molar-refractivity contribution >= 4 is 45.7 Å². The zero-order valence-electron chi connectivity index (χ0n) is 12.7. The van der Waals surface area contributed by atoms with Crippen LogP contribution in [-0.2, 0) is 9.53 Å². The van der Waals surface area contributed by atoms with Crippen molar-refractivity contribution in [1.29, 1.82) is 0 Å². The van der Waals surface area contributed by atoms with E-state index in [1.54, 1.807) is 12.4 Å². The second kappa shape index (κ2) is 6.21. The molecule has 3 heterocycles. The van der Waals surface area contributed by atoms with Gasteiger partial charge in [0.25, 0.3) is 11.1 Å². The number of imide groups is 1. The topological polar surface area (TPSA) is 84.4 Å². The molecule has 24 heavy (non-hydrogen) atoms. The Hall–Kier alpha value is -2.45. The quantitative estimate of drug-likeness (QED) is 0.833. The number of nitrogens with zero attached hydrogens (tertiary/aromatic N) is 3. The Morgan fingerprint density at radius 3 is 2.79 bits per heavy atom. The van der Waals surface area contributed by atoms with Gasteiger partial charge in [-0.2, -0.15) is 0 Å². The Morgan fingerprint density at radius 2 is 2.04 bits per heavy atom. The molecule has 0 radical (unpaired) electrons. The highest BCUT2D eigenvalue weighted by atomic mass is 32.2. The lowest BCUT2D eigenvalue weighted by atomic mass is 10.1. The van der Waals surface area contributed by atoms with Crippen LogP contribution in [0.2, 0.25) is 0 Å². The summed E-state index contributed by atoms with van der Waals surface area (Å²) in [6, 6.07) is 5.72. The second-order valence-electron chi connectivity index (χ2n) is 5.43. The number of carbonyl (C=O) groups is 2. The van der Waals surface area contributed by atoms with Crippen LogP contribution in [-0.4, -0.2) is 47.4 Å². The van der Waals surface area contributed by atoms with E-state index in [2.05, 4.69) is 20.2 Å². The molecule has 0 spiro atoms. The first-order valence-corrected chi connectivity index (χ1v) is 8.35. The van der Waals surface area contributed by atoms with Crippen LogP contribution < -0.4 is 10.2 Å². The van der Waals surface area contributed by atoms with Crippen molar-refractivity contribution in [3.63, 3.8) is 0 Å². The van der Waals surface area contributed by atoms with Gasteiger partial charge in [-0.1, -0.05) is 6.07 Å². The minimum Gasteiger partial charge on any atom is -0.378 e. The number of amides is 2. The third-order valence-electron chi connectivity index (χ3n) is 3.89. The molecule has 0 aliphatic carbocycles. The maximum absolute atomic E-state index is 11.7. The number of hydrogen-bond acceptors (Lipinski definition) is 7. The molecular formula is C16H14N4O3S. The molecule has 0 atom stereocenters. The molecule has 0 unspecified atom stereocenters. The Morgan fingerprint density at radius 1 is 1.21 bits per heavy atom. The summed E-state index contributed by atoms with van der Waals surface area (Å²) in [5, 5.41) is 2.83. The Kier molecular flexibility index (Phi) is 3.91. The average Bonchev–Trinajstić information content (AvgIpc) is 2.92. The highest BCUT2D eigenvalue weighted by Crippen LogP contribution is 2.29. The summed E-state index contributed by atoms with van der Waals surface area (Å²) in [5.41, 5.74) is 1.67. The van der Waals surface area contributed by atoms with E-state index in [0.717, 1.165) is 47.1 Å². The van der Waals surface area contributed by atoms with Gasteiger partial charge in [-0.3, -0.25) is 14.9 Å². The molecule has 8 heteroatoms. The van der Waals surface area contributed by atoms with Crippen molar-refractivity contribution in [3.05, 3.63) is 35.0 Å². The molecule has 1 aromatic carbocycles. The van der Waals surface area contributed by atoms with Crippen LogP contribution in [0.4, 0.5) is 10.6 Å². The number of anilines is 1. The Bertz CT molecular complexity index is 862. The normalized spacial score (nSPS) is 20.0. The summed E-state index contributed by atoms with van der Waals surface area (Å²) in [7, 11) is 0. The maximum atomic E-state index is 11.7. The largest absolute Gasteiger partial charge is 0.378 e. The number of fused-ring (bicyclic) bond motifs is 1. The van der Waals surface area contributed by atoms with Crippen LogP contribution >= 0.6 is 11.8 Å². The minimum atomic E-state index is -0.359. The van der Waals surface area contributed by atoms with Gasteiger partial charge in [0.2, 0.25) is 0 Å². The molecule has 2 aliphatic rings. The number of aromatic nitrogens is 2. The van der Waals surface area contributed by atoms with Crippen molar-refractivity contribution in [2.75, 3.05) is 31.2 Å². The van der Waals surface area contributed by atoms with Gasteiger partial charge < -0.3 is 9.64 Å². The first kappa shape index (κ1) is 15.1. The Balaban J connectivity index is 1.75. The highest BCUT2D eigenvalue weighted by Gasteiger charge is 2.25. The molecule has 2 aromatic rings. The van der Waals surface area contributed by atoms with E-state index in [0.29, 0.717) is 18.1 Å². The van der Waals surface area contributed by atoms with Crippen LogP contribution in [0.3, 0.4) is 0 Å². The number of carbonyl (C=O) groups excluding carboxylic acids is 2. The zero-order valence-corrected chi connectivity index (χ0v) is 13.5. The first-order chi connectivity index (χ1) is 11.7. The van der Waals surface area contributed by atoms with E-state index in [4.69, 9.17) is 4.74 Å². The van der Waals surface area contributed by atoms with Gasteiger partial charge in [0.05, 0.1) is 23.6 Å². The minimum absolute atomic E-state index is 0.343. The number of nitrogens with one attached hydrogen (secondary N) is 1. The van der Waals surface area contributed by atoms with E-state index in [9.17, 15) is 9.59 Å². The molecule has 7 nitrogen and oxygen atoms in total. The lowest BCUT2D eigenvalue weighted by Gasteiger charge is -2.28. The van der Waals surface area contributed by atoms with Gasteiger partial charge in [-0.25, -0.2) is 9.97 Å². The number of ether oxygens (including phenoxy) is 1. The van der Waals surface area contributed by atoms with E-state index in [1.165, 1.54) is 0 Å². The van der Waals surface area contributed by atoms with Crippen molar-refractivity contribution < 1.29 is 14.3 Å². The van der Waals surface area contributed by atoms with E-state index in [-0.39, 0.29) is 11.1 Å². The highest BCUT2D eigenvalue weighted by molar-refractivity contribution is 8.18. The van der Waals surface area contributed by atoms with Crippen molar-refractivity contribution in [2.45, 2.75) is 0 Å². The van der Waals surface area contributed by atoms with Gasteiger partial charge in [-0.05, 0) is 35.5 Å². The van der Waals surface area contributed by atoms with Crippen LogP contribution in [0.1, 0.15) is 5.56 Å². The predicted octanol–water partition coefficient (Wildman–Crippen LogP) is 1.79. The van der Waals surface area contributed by atoms with E-state index in [1.807, 2.05) is 18.2 Å². The van der Waals surface area contributed by atoms with Crippen molar-refractivity contribution in [1.82, 2.24) is 15.3 Å². The summed E-state index contributed by atoms with van der Waals surface area (Å²) in [5.74, 6) is 0.506. The molecule has 1 aromatic heterocycles. The average molecular weight is 342 g/mol. The fraction of sp³-hybridized carbons (Fsp3) is 0.250. The van der Waals surface area contributed by atoms with E-state index < -0.39 is 0 Å². The number of benzene rings is 1. The molecule has 122 valence electrons. The predicted molar refractivity (Wildman–Crippen MR) is 91.7 cm³/mol. The summed E-state index contributed by atoms with van der Waals surface area (Å²) < 4.78 is 5.39. The summed E-state index contributed by atoms with van der Waals surface area (Å²) in [6.45, 7) is 2.91. The fourth-order valence-corrected chi connectivity index (χ4v) is 3.43. The van der Waals surface area contributed by atoms with Crippen LogP contribution in [0.15, 0.2) is 29.4 Å². The number of hydrogen-bond donors (Lipinski definition) is 1. The molecule has 2 amide bonds. The maximum Gasteiger partial charge on any atom is 0.290 e. The molecule has 2 saturated heterocycles. The van der Waals surface area contributed by atoms with Gasteiger partial charge >= 0.3 is 0 Å². The standard InChI is InChI=1S/C16H14N4O3S/c21-15-13(24-16(22)19-15)8-10-1-2-12-11(7-10)14(18-9-17-12)20-3-5-23-6-4-20/h1-2,7-9H,3-6H2,(H,19,21,22)/b13-8+. The third-order valence-corrected chi connectivity index (χ3v) is 4.70. The van der Waals surface area contributed by atoms with Crippen molar-refractivity contribution in [2.24, 2.45) is 0 Å². The van der Waals surface area contributed by atoms with E-state index >= 15 is 0 Å². The van der Waals surface area contributed by atoms with Gasteiger partial charge in [-0.15, -0.1) is 0 Å². The fourth-order valence-electron chi connectivity index (χ4n) is 2.75. The summed E-state index contributed by atoms with van der Waals surface area (Å²) >= 11 is 0.909.